The van der Waals surface area contributed by atoms with E-state index >= 15 is 0 Å². The summed E-state index contributed by atoms with van der Waals surface area (Å²) in [4.78, 5) is 23.8. The highest BCUT2D eigenvalue weighted by Crippen LogP contribution is 2.46. The van der Waals surface area contributed by atoms with Crippen molar-refractivity contribution < 1.29 is 33.6 Å². The third-order valence-corrected chi connectivity index (χ3v) is 10.3. The molecule has 0 saturated heterocycles. The summed E-state index contributed by atoms with van der Waals surface area (Å²) in [6.45, 7) is 11.5. The quantitative estimate of drug-likeness (QED) is 0.0692. The number of benzene rings is 2. The highest BCUT2D eigenvalue weighted by molar-refractivity contribution is 5.88. The molecule has 2 aliphatic rings. The fourth-order valence-corrected chi connectivity index (χ4v) is 7.54. The molecule has 0 radical (unpaired) electrons. The van der Waals surface area contributed by atoms with Crippen molar-refractivity contribution in [2.75, 3.05) is 40.1 Å². The van der Waals surface area contributed by atoms with E-state index in [1.165, 1.54) is 81.6 Å². The second-order valence-corrected chi connectivity index (χ2v) is 13.7. The molecular formula is C42H56O7. The van der Waals surface area contributed by atoms with Crippen LogP contribution in [0, 0.1) is 17.8 Å². The van der Waals surface area contributed by atoms with Gasteiger partial charge in [-0.25, -0.2) is 9.59 Å². The van der Waals surface area contributed by atoms with Crippen molar-refractivity contribution in [2.45, 2.75) is 83.0 Å². The molecule has 0 aromatic heterocycles. The van der Waals surface area contributed by atoms with Crippen molar-refractivity contribution in [3.63, 3.8) is 0 Å². The minimum atomic E-state index is -0.540. The maximum atomic E-state index is 11.9. The van der Waals surface area contributed by atoms with Crippen LogP contribution in [0.4, 0.5) is 0 Å². The van der Waals surface area contributed by atoms with Gasteiger partial charge in [0, 0.05) is 7.11 Å². The second kappa shape index (κ2) is 20.1. The van der Waals surface area contributed by atoms with Gasteiger partial charge in [-0.2, -0.15) is 0 Å². The number of carbonyl (C=O) groups is 2. The zero-order chi connectivity index (χ0) is 35.0. The Morgan fingerprint density at radius 2 is 1.49 bits per heavy atom. The summed E-state index contributed by atoms with van der Waals surface area (Å²) in [5.41, 5.74) is 5.37. The Labute approximate surface area is 293 Å². The highest BCUT2D eigenvalue weighted by Gasteiger charge is 2.32. The van der Waals surface area contributed by atoms with Gasteiger partial charge < -0.3 is 24.1 Å². The van der Waals surface area contributed by atoms with Crippen molar-refractivity contribution in [1.82, 2.24) is 0 Å². The first kappa shape index (κ1) is 38.1. The Kier molecular flexibility index (Phi) is 15.6. The Bertz CT molecular complexity index is 1380. The number of methoxy groups -OCH3 is 1. The molecule has 0 heterocycles. The first-order valence-electron chi connectivity index (χ1n) is 18.1. The van der Waals surface area contributed by atoms with E-state index < -0.39 is 18.5 Å². The molecule has 2 aliphatic carbocycles. The van der Waals surface area contributed by atoms with Gasteiger partial charge in [-0.1, -0.05) is 62.4 Å². The topological polar surface area (TPSA) is 91.3 Å². The molecule has 0 amide bonds. The number of allylic oxidation sites excluding steroid dienone is 1. The smallest absolute Gasteiger partial charge is 0.335 e. The summed E-state index contributed by atoms with van der Waals surface area (Å²) in [6, 6.07) is 14.9. The van der Waals surface area contributed by atoms with Gasteiger partial charge in [0.15, 0.2) is 0 Å². The molecule has 0 bridgehead atoms. The number of hydrogen-bond donors (Lipinski definition) is 1. The normalized spacial score (nSPS) is 20.6. The largest absolute Gasteiger partial charge is 0.490 e. The lowest BCUT2D eigenvalue weighted by molar-refractivity contribution is -0.140. The molecule has 0 aliphatic heterocycles. The Morgan fingerprint density at radius 1 is 0.837 bits per heavy atom. The summed E-state index contributed by atoms with van der Waals surface area (Å²) in [7, 11) is 1.51. The van der Waals surface area contributed by atoms with E-state index in [2.05, 4.69) is 56.1 Å². The van der Waals surface area contributed by atoms with Crippen LogP contribution >= 0.6 is 0 Å². The maximum Gasteiger partial charge on any atom is 0.335 e. The molecule has 1 N–H and O–H groups in total. The van der Waals surface area contributed by atoms with Gasteiger partial charge in [-0.3, -0.25) is 0 Å². The van der Waals surface area contributed by atoms with Crippen molar-refractivity contribution in [3.05, 3.63) is 90.6 Å². The molecule has 4 rings (SSSR count). The first-order valence-corrected chi connectivity index (χ1v) is 18.1. The first-order chi connectivity index (χ1) is 23.8. The fourth-order valence-electron chi connectivity index (χ4n) is 7.54. The molecule has 2 aromatic carbocycles. The monoisotopic (exact) mass is 672 g/mol. The summed E-state index contributed by atoms with van der Waals surface area (Å²) in [6.07, 6.45) is 16.5. The molecule has 2 fully saturated rings. The minimum absolute atomic E-state index is 0.0760. The van der Waals surface area contributed by atoms with Crippen LogP contribution in [0.25, 0.3) is 11.1 Å². The van der Waals surface area contributed by atoms with Crippen LogP contribution in [0.3, 0.4) is 0 Å². The van der Waals surface area contributed by atoms with Crippen LogP contribution in [0.5, 0.6) is 5.75 Å². The van der Waals surface area contributed by atoms with Crippen LogP contribution in [0.15, 0.2) is 79.4 Å². The van der Waals surface area contributed by atoms with Gasteiger partial charge in [0.2, 0.25) is 0 Å². The van der Waals surface area contributed by atoms with Gasteiger partial charge >= 0.3 is 11.9 Å². The summed E-state index contributed by atoms with van der Waals surface area (Å²) < 4.78 is 21.3. The number of aliphatic hydroxyl groups is 1. The average Bonchev–Trinajstić information content (AvgIpc) is 3.14. The summed E-state index contributed by atoms with van der Waals surface area (Å²) >= 11 is 0. The van der Waals surface area contributed by atoms with Crippen molar-refractivity contribution in [2.24, 2.45) is 17.8 Å². The van der Waals surface area contributed by atoms with E-state index in [4.69, 9.17) is 24.1 Å². The number of ether oxygens (including phenoxy) is 4. The number of carbonyl (C=O) groups excluding carboxylic acids is 2. The number of hydrogen-bond acceptors (Lipinski definition) is 7. The number of rotatable bonds is 19. The summed E-state index contributed by atoms with van der Waals surface area (Å²) in [5.74, 6) is 2.78. The third kappa shape index (κ3) is 11.7. The second-order valence-electron chi connectivity index (χ2n) is 13.7. The molecule has 0 spiro atoms. The van der Waals surface area contributed by atoms with Crippen molar-refractivity contribution >= 4 is 11.9 Å². The molecular weight excluding hydrogens is 616 g/mol. The van der Waals surface area contributed by atoms with Crippen LogP contribution in [-0.2, 0) is 30.2 Å². The van der Waals surface area contributed by atoms with E-state index in [1.807, 2.05) is 12.1 Å². The van der Waals surface area contributed by atoms with Gasteiger partial charge in [-0.15, -0.1) is 6.58 Å². The summed E-state index contributed by atoms with van der Waals surface area (Å²) in [5, 5.41) is 9.12. The zero-order valence-corrected chi connectivity index (χ0v) is 29.5. The number of aliphatic hydroxyl groups excluding tert-OH is 1. The third-order valence-electron chi connectivity index (χ3n) is 10.3. The van der Waals surface area contributed by atoms with Crippen molar-refractivity contribution in [3.8, 4) is 16.9 Å². The molecule has 0 atom stereocenters. The lowest BCUT2D eigenvalue weighted by atomic mass is 9.67. The Balaban J connectivity index is 1.39. The molecule has 0 unspecified atom stereocenters. The lowest BCUT2D eigenvalue weighted by Crippen LogP contribution is -2.25. The van der Waals surface area contributed by atoms with Crippen molar-refractivity contribution in [1.29, 1.82) is 0 Å². The van der Waals surface area contributed by atoms with E-state index in [0.717, 1.165) is 36.2 Å². The molecule has 49 heavy (non-hydrogen) atoms. The van der Waals surface area contributed by atoms with Crippen LogP contribution in [0.1, 0.15) is 87.7 Å². The highest BCUT2D eigenvalue weighted by atomic mass is 16.6. The standard InChI is InChI=1S/C42H56O7/c1-5-6-8-32-10-13-34(14-11-32)35-15-17-37(18-16-35)40-27-33(9-7-24-48-41(44)30(2)28-43)12-23-39(40)36-19-21-38(22-20-36)47-25-26-49-42(45)31(3)29-46-4/h5,12,19-23,27,32,34-35,37,43H,1-3,6-11,13-18,24-26,28-29H2,4H3. The Morgan fingerprint density at radius 3 is 2.14 bits per heavy atom. The van der Waals surface area contributed by atoms with Crippen LogP contribution in [0.2, 0.25) is 0 Å². The van der Waals surface area contributed by atoms with Gasteiger partial charge in [0.05, 0.1) is 31.0 Å². The number of esters is 2. The fraction of sp³-hybridized carbons (Fsp3) is 0.524. The SMILES string of the molecule is C=CCCC1CCC(C2CCC(c3cc(CCCOC(=O)C(=C)CO)ccc3-c3ccc(OCCOC(=O)C(=C)COC)cc3)CC2)CC1. The Hall–Kier alpha value is -3.68. The number of aryl methyl sites for hydroxylation is 1. The molecule has 2 aromatic rings. The minimum Gasteiger partial charge on any atom is -0.490 e. The molecule has 7 nitrogen and oxygen atoms in total. The predicted molar refractivity (Wildman–Crippen MR) is 194 cm³/mol. The van der Waals surface area contributed by atoms with Gasteiger partial charge in [-0.05, 0) is 122 Å². The maximum absolute atomic E-state index is 11.9. The predicted octanol–water partition coefficient (Wildman–Crippen LogP) is 8.55. The zero-order valence-electron chi connectivity index (χ0n) is 29.5. The molecule has 2 saturated carbocycles. The average molecular weight is 673 g/mol. The van der Waals surface area contributed by atoms with Gasteiger partial charge in [0.1, 0.15) is 19.0 Å². The van der Waals surface area contributed by atoms with E-state index in [1.54, 1.807) is 0 Å². The van der Waals surface area contributed by atoms with E-state index in [0.29, 0.717) is 24.7 Å². The van der Waals surface area contributed by atoms with E-state index in [9.17, 15) is 9.59 Å². The lowest BCUT2D eigenvalue weighted by Gasteiger charge is -2.38. The van der Waals surface area contributed by atoms with Crippen LogP contribution in [-0.4, -0.2) is 57.2 Å². The van der Waals surface area contributed by atoms with Crippen LogP contribution < -0.4 is 4.74 Å². The molecule has 7 heteroatoms. The van der Waals surface area contributed by atoms with Gasteiger partial charge in [0.25, 0.3) is 0 Å². The van der Waals surface area contributed by atoms with E-state index in [-0.39, 0.29) is 31.0 Å². The molecule has 266 valence electrons.